The lowest BCUT2D eigenvalue weighted by molar-refractivity contribution is 0.210. The predicted octanol–water partition coefficient (Wildman–Crippen LogP) is 2.21. The third-order valence-corrected chi connectivity index (χ3v) is 2.40. The molecule has 0 aliphatic rings. The highest BCUT2D eigenvalue weighted by molar-refractivity contribution is 6.00. The van der Waals surface area contributed by atoms with Crippen molar-refractivity contribution in [1.29, 1.82) is 5.41 Å². The number of anilines is 1. The van der Waals surface area contributed by atoms with Crippen molar-refractivity contribution in [3.8, 4) is 0 Å². The van der Waals surface area contributed by atoms with Crippen LogP contribution in [0.2, 0.25) is 0 Å². The lowest BCUT2D eigenvalue weighted by Crippen LogP contribution is -2.10. The van der Waals surface area contributed by atoms with Crippen LogP contribution in [0.15, 0.2) is 36.4 Å². The predicted molar refractivity (Wildman–Crippen MR) is 66.6 cm³/mol. The number of nitrogens with one attached hydrogen (secondary N) is 2. The van der Waals surface area contributed by atoms with E-state index >= 15 is 0 Å². The van der Waals surface area contributed by atoms with Crippen molar-refractivity contribution in [3.63, 3.8) is 0 Å². The van der Waals surface area contributed by atoms with Crippen molar-refractivity contribution >= 4 is 28.4 Å². The normalized spacial score (nSPS) is 10.1. The van der Waals surface area contributed by atoms with E-state index in [9.17, 15) is 4.79 Å². The minimum atomic E-state index is -1.09. The van der Waals surface area contributed by atoms with Crippen molar-refractivity contribution in [1.82, 2.24) is 0 Å². The first-order valence-electron chi connectivity index (χ1n) is 4.94. The molecule has 17 heavy (non-hydrogen) atoms. The molecule has 2 aromatic carbocycles. The zero-order chi connectivity index (χ0) is 12.4. The van der Waals surface area contributed by atoms with Crippen LogP contribution >= 0.6 is 0 Å². The SMILES string of the molecule is N=C(N)c1ccc2cc(NC(=O)O)ccc2c1. The van der Waals surface area contributed by atoms with Crippen LogP contribution < -0.4 is 11.1 Å². The van der Waals surface area contributed by atoms with E-state index in [0.717, 1.165) is 10.8 Å². The highest BCUT2D eigenvalue weighted by Crippen LogP contribution is 2.20. The van der Waals surface area contributed by atoms with E-state index in [2.05, 4.69) is 5.32 Å². The Morgan fingerprint density at radius 2 is 1.82 bits per heavy atom. The minimum absolute atomic E-state index is 0.0136. The molecule has 0 saturated heterocycles. The molecule has 0 radical (unpaired) electrons. The first-order valence-corrected chi connectivity index (χ1v) is 4.94. The molecule has 86 valence electrons. The number of rotatable bonds is 2. The fourth-order valence-corrected chi connectivity index (χ4v) is 1.61. The number of nitrogens with two attached hydrogens (primary N) is 1. The summed E-state index contributed by atoms with van der Waals surface area (Å²) in [6.45, 7) is 0. The Kier molecular flexibility index (Phi) is 2.66. The standard InChI is InChI=1S/C12H11N3O2/c13-11(14)9-2-1-8-6-10(15-12(16)17)4-3-7(8)5-9/h1-6,15H,(H3,13,14)(H,16,17). The van der Waals surface area contributed by atoms with E-state index in [1.54, 1.807) is 36.4 Å². The smallest absolute Gasteiger partial charge is 0.409 e. The summed E-state index contributed by atoms with van der Waals surface area (Å²) >= 11 is 0. The molecule has 0 spiro atoms. The monoisotopic (exact) mass is 229 g/mol. The number of fused-ring (bicyclic) bond motifs is 1. The number of carbonyl (C=O) groups is 1. The molecule has 0 atom stereocenters. The molecule has 0 bridgehead atoms. The largest absolute Gasteiger partial charge is 0.465 e. The molecular weight excluding hydrogens is 218 g/mol. The van der Waals surface area contributed by atoms with Gasteiger partial charge in [-0.3, -0.25) is 10.7 Å². The van der Waals surface area contributed by atoms with Gasteiger partial charge >= 0.3 is 6.09 Å². The van der Waals surface area contributed by atoms with Crippen LogP contribution in [0.25, 0.3) is 10.8 Å². The molecular formula is C12H11N3O2. The van der Waals surface area contributed by atoms with E-state index < -0.39 is 6.09 Å². The van der Waals surface area contributed by atoms with Crippen molar-refractivity contribution in [3.05, 3.63) is 42.0 Å². The summed E-state index contributed by atoms with van der Waals surface area (Å²) in [6.07, 6.45) is -1.09. The molecule has 0 aromatic heterocycles. The lowest BCUT2D eigenvalue weighted by atomic mass is 10.1. The van der Waals surface area contributed by atoms with Crippen molar-refractivity contribution < 1.29 is 9.90 Å². The number of hydrogen-bond donors (Lipinski definition) is 4. The van der Waals surface area contributed by atoms with E-state index in [1.165, 1.54) is 0 Å². The Labute approximate surface area is 97.4 Å². The fourth-order valence-electron chi connectivity index (χ4n) is 1.61. The van der Waals surface area contributed by atoms with Gasteiger partial charge in [0, 0.05) is 11.3 Å². The summed E-state index contributed by atoms with van der Waals surface area (Å²) in [5.41, 5.74) is 6.56. The Balaban J connectivity index is 2.46. The maximum absolute atomic E-state index is 10.5. The first kappa shape index (κ1) is 10.9. The van der Waals surface area contributed by atoms with Crippen molar-refractivity contribution in [2.75, 3.05) is 5.32 Å². The fraction of sp³-hybridized carbons (Fsp3) is 0. The van der Waals surface area contributed by atoms with E-state index in [1.807, 2.05) is 0 Å². The summed E-state index contributed by atoms with van der Waals surface area (Å²) < 4.78 is 0. The van der Waals surface area contributed by atoms with Gasteiger partial charge in [-0.15, -0.1) is 0 Å². The maximum Gasteiger partial charge on any atom is 0.409 e. The summed E-state index contributed by atoms with van der Waals surface area (Å²) in [6, 6.07) is 10.5. The molecule has 0 saturated carbocycles. The molecule has 5 nitrogen and oxygen atoms in total. The van der Waals surface area contributed by atoms with Gasteiger partial charge in [-0.1, -0.05) is 18.2 Å². The number of hydrogen-bond acceptors (Lipinski definition) is 2. The Bertz CT molecular complexity index is 608. The zero-order valence-corrected chi connectivity index (χ0v) is 8.90. The lowest BCUT2D eigenvalue weighted by Gasteiger charge is -2.05. The van der Waals surface area contributed by atoms with Gasteiger partial charge in [-0.2, -0.15) is 0 Å². The second-order valence-corrected chi connectivity index (χ2v) is 3.62. The number of amides is 1. The van der Waals surface area contributed by atoms with Crippen LogP contribution in [0.5, 0.6) is 0 Å². The van der Waals surface area contributed by atoms with Crippen LogP contribution in [-0.2, 0) is 0 Å². The van der Waals surface area contributed by atoms with Gasteiger partial charge in [0.15, 0.2) is 0 Å². The highest BCUT2D eigenvalue weighted by Gasteiger charge is 2.02. The molecule has 0 unspecified atom stereocenters. The minimum Gasteiger partial charge on any atom is -0.465 e. The second-order valence-electron chi connectivity index (χ2n) is 3.62. The summed E-state index contributed by atoms with van der Waals surface area (Å²) in [7, 11) is 0. The molecule has 0 heterocycles. The molecule has 5 heteroatoms. The number of amidine groups is 1. The van der Waals surface area contributed by atoms with Crippen LogP contribution in [0.4, 0.5) is 10.5 Å². The summed E-state index contributed by atoms with van der Waals surface area (Å²) in [5.74, 6) is 0.0136. The van der Waals surface area contributed by atoms with E-state index in [-0.39, 0.29) is 5.84 Å². The quantitative estimate of drug-likeness (QED) is 0.469. The van der Waals surface area contributed by atoms with E-state index in [0.29, 0.717) is 11.3 Å². The molecule has 5 N–H and O–H groups in total. The molecule has 2 aromatic rings. The van der Waals surface area contributed by atoms with Crippen LogP contribution in [-0.4, -0.2) is 17.0 Å². The van der Waals surface area contributed by atoms with Gasteiger partial charge in [0.25, 0.3) is 0 Å². The van der Waals surface area contributed by atoms with Crippen molar-refractivity contribution in [2.24, 2.45) is 5.73 Å². The average molecular weight is 229 g/mol. The Morgan fingerprint density at radius 1 is 1.18 bits per heavy atom. The third kappa shape index (κ3) is 2.34. The Morgan fingerprint density at radius 3 is 2.47 bits per heavy atom. The van der Waals surface area contributed by atoms with Gasteiger partial charge in [0.05, 0.1) is 0 Å². The first-order chi connectivity index (χ1) is 8.06. The molecule has 0 aliphatic heterocycles. The van der Waals surface area contributed by atoms with Gasteiger partial charge < -0.3 is 10.8 Å². The van der Waals surface area contributed by atoms with Gasteiger partial charge in [0.2, 0.25) is 0 Å². The molecule has 2 rings (SSSR count). The maximum atomic E-state index is 10.5. The second kappa shape index (κ2) is 4.13. The molecule has 0 fully saturated rings. The summed E-state index contributed by atoms with van der Waals surface area (Å²) in [5, 5.41) is 20.0. The number of benzene rings is 2. The summed E-state index contributed by atoms with van der Waals surface area (Å²) in [4.78, 5) is 10.5. The number of carboxylic acid groups (broad SMARTS) is 1. The topological polar surface area (TPSA) is 99.2 Å². The third-order valence-electron chi connectivity index (χ3n) is 2.40. The molecule has 1 amide bonds. The zero-order valence-electron chi connectivity index (χ0n) is 8.90. The average Bonchev–Trinajstić information content (AvgIpc) is 2.27. The van der Waals surface area contributed by atoms with Crippen LogP contribution in [0.3, 0.4) is 0 Å². The van der Waals surface area contributed by atoms with Crippen LogP contribution in [0, 0.1) is 5.41 Å². The number of nitrogen functional groups attached to an aromatic ring is 1. The van der Waals surface area contributed by atoms with Crippen LogP contribution in [0.1, 0.15) is 5.56 Å². The van der Waals surface area contributed by atoms with E-state index in [4.69, 9.17) is 16.2 Å². The van der Waals surface area contributed by atoms with Gasteiger partial charge in [-0.05, 0) is 29.0 Å². The Hall–Kier alpha value is -2.56. The van der Waals surface area contributed by atoms with Gasteiger partial charge in [0.1, 0.15) is 5.84 Å². The molecule has 0 aliphatic carbocycles. The van der Waals surface area contributed by atoms with Crippen molar-refractivity contribution in [2.45, 2.75) is 0 Å². The van der Waals surface area contributed by atoms with Gasteiger partial charge in [-0.25, -0.2) is 4.79 Å². The highest BCUT2D eigenvalue weighted by atomic mass is 16.4.